The molecule has 0 radical (unpaired) electrons. The van der Waals surface area contributed by atoms with Gasteiger partial charge in [0.2, 0.25) is 0 Å². The molecular formula is C15H23N5. The van der Waals surface area contributed by atoms with Crippen LogP contribution in [0, 0.1) is 0 Å². The van der Waals surface area contributed by atoms with Gasteiger partial charge in [0.05, 0.1) is 17.1 Å². The molecule has 1 heterocycles. The van der Waals surface area contributed by atoms with Crippen LogP contribution in [0.2, 0.25) is 0 Å². The van der Waals surface area contributed by atoms with Gasteiger partial charge in [-0.2, -0.15) is 0 Å². The average Bonchev–Trinajstić information content (AvgIpc) is 2.88. The standard InChI is InChI=1S/C15H23N5/c1-4-5-6-15-14(11-16)17-18-20(15)13-9-7-12(8-10-13)19(2)3/h7-10H,4-6,11,16H2,1-3H3. The second-order valence-corrected chi connectivity index (χ2v) is 5.11. The lowest BCUT2D eigenvalue weighted by molar-refractivity contribution is 0.714. The lowest BCUT2D eigenvalue weighted by atomic mass is 10.1. The van der Waals surface area contributed by atoms with Crippen molar-refractivity contribution >= 4 is 5.69 Å². The molecule has 0 aliphatic carbocycles. The van der Waals surface area contributed by atoms with Crippen molar-refractivity contribution < 1.29 is 0 Å². The highest BCUT2D eigenvalue weighted by molar-refractivity contribution is 5.50. The van der Waals surface area contributed by atoms with Gasteiger partial charge in [0.25, 0.3) is 0 Å². The molecule has 20 heavy (non-hydrogen) atoms. The zero-order valence-corrected chi connectivity index (χ0v) is 12.5. The van der Waals surface area contributed by atoms with E-state index < -0.39 is 0 Å². The van der Waals surface area contributed by atoms with Gasteiger partial charge in [0.15, 0.2) is 0 Å². The average molecular weight is 273 g/mol. The van der Waals surface area contributed by atoms with Crippen LogP contribution in [0.15, 0.2) is 24.3 Å². The number of anilines is 1. The summed E-state index contributed by atoms with van der Waals surface area (Å²) in [5.41, 5.74) is 9.99. The fourth-order valence-electron chi connectivity index (χ4n) is 2.19. The third kappa shape index (κ3) is 2.99. The molecule has 1 aromatic carbocycles. The first kappa shape index (κ1) is 14.5. The Balaban J connectivity index is 2.33. The van der Waals surface area contributed by atoms with E-state index in [9.17, 15) is 0 Å². The van der Waals surface area contributed by atoms with Gasteiger partial charge in [-0.15, -0.1) is 5.10 Å². The van der Waals surface area contributed by atoms with E-state index >= 15 is 0 Å². The highest BCUT2D eigenvalue weighted by Gasteiger charge is 2.12. The van der Waals surface area contributed by atoms with Gasteiger partial charge in [-0.1, -0.05) is 18.6 Å². The van der Waals surface area contributed by atoms with E-state index in [1.165, 1.54) is 5.69 Å². The Kier molecular flexibility index (Phi) is 4.74. The number of nitrogens with zero attached hydrogens (tertiary/aromatic N) is 4. The Hall–Kier alpha value is -1.88. The number of nitrogens with two attached hydrogens (primary N) is 1. The van der Waals surface area contributed by atoms with Gasteiger partial charge in [-0.05, 0) is 37.1 Å². The minimum atomic E-state index is 0.439. The molecule has 0 amide bonds. The first-order valence-electron chi connectivity index (χ1n) is 7.08. The zero-order chi connectivity index (χ0) is 14.5. The number of benzene rings is 1. The molecule has 2 rings (SSSR count). The molecule has 0 aliphatic heterocycles. The molecule has 0 saturated heterocycles. The SMILES string of the molecule is CCCCc1c(CN)nnn1-c1ccc(N(C)C)cc1. The van der Waals surface area contributed by atoms with E-state index in [0.29, 0.717) is 6.54 Å². The van der Waals surface area contributed by atoms with Crippen LogP contribution in [0.25, 0.3) is 5.69 Å². The van der Waals surface area contributed by atoms with Crippen molar-refractivity contribution in [2.75, 3.05) is 19.0 Å². The first-order valence-corrected chi connectivity index (χ1v) is 7.08. The quantitative estimate of drug-likeness (QED) is 0.876. The van der Waals surface area contributed by atoms with Crippen molar-refractivity contribution in [3.8, 4) is 5.69 Å². The van der Waals surface area contributed by atoms with Crippen molar-refractivity contribution in [2.45, 2.75) is 32.7 Å². The van der Waals surface area contributed by atoms with Crippen LogP contribution in [0.3, 0.4) is 0 Å². The van der Waals surface area contributed by atoms with Gasteiger partial charge in [-0.25, -0.2) is 4.68 Å². The van der Waals surface area contributed by atoms with Gasteiger partial charge in [0.1, 0.15) is 0 Å². The van der Waals surface area contributed by atoms with Gasteiger partial charge < -0.3 is 10.6 Å². The molecule has 108 valence electrons. The van der Waals surface area contributed by atoms with E-state index in [2.05, 4.69) is 46.4 Å². The fourth-order valence-corrected chi connectivity index (χ4v) is 2.19. The smallest absolute Gasteiger partial charge is 0.0999 e. The zero-order valence-electron chi connectivity index (χ0n) is 12.5. The molecule has 2 aromatic rings. The number of hydrogen-bond acceptors (Lipinski definition) is 4. The summed E-state index contributed by atoms with van der Waals surface area (Å²) in [6.45, 7) is 2.62. The maximum atomic E-state index is 5.76. The predicted molar refractivity (Wildman–Crippen MR) is 82.2 cm³/mol. The molecule has 0 bridgehead atoms. The van der Waals surface area contributed by atoms with Gasteiger partial charge in [0, 0.05) is 26.3 Å². The molecule has 0 spiro atoms. The Morgan fingerprint density at radius 3 is 2.45 bits per heavy atom. The van der Waals surface area contributed by atoms with Crippen molar-refractivity contribution in [1.29, 1.82) is 0 Å². The van der Waals surface area contributed by atoms with Crippen LogP contribution >= 0.6 is 0 Å². The molecule has 5 heteroatoms. The van der Waals surface area contributed by atoms with E-state index in [1.807, 2.05) is 18.8 Å². The largest absolute Gasteiger partial charge is 0.378 e. The minimum Gasteiger partial charge on any atom is -0.378 e. The van der Waals surface area contributed by atoms with E-state index in [-0.39, 0.29) is 0 Å². The summed E-state index contributed by atoms with van der Waals surface area (Å²) in [5, 5.41) is 8.46. The van der Waals surface area contributed by atoms with Crippen molar-refractivity contribution in [3.63, 3.8) is 0 Å². The molecular weight excluding hydrogens is 250 g/mol. The predicted octanol–water partition coefficient (Wildman–Crippen LogP) is 2.13. The van der Waals surface area contributed by atoms with E-state index in [4.69, 9.17) is 5.73 Å². The third-order valence-corrected chi connectivity index (χ3v) is 3.41. The summed E-state index contributed by atoms with van der Waals surface area (Å²) in [7, 11) is 4.06. The summed E-state index contributed by atoms with van der Waals surface area (Å²) in [6, 6.07) is 8.31. The molecule has 2 N–H and O–H groups in total. The Morgan fingerprint density at radius 1 is 1.20 bits per heavy atom. The summed E-state index contributed by atoms with van der Waals surface area (Å²) in [6.07, 6.45) is 3.23. The molecule has 5 nitrogen and oxygen atoms in total. The molecule has 1 aromatic heterocycles. The van der Waals surface area contributed by atoms with Gasteiger partial charge >= 0.3 is 0 Å². The summed E-state index contributed by atoms with van der Waals surface area (Å²) >= 11 is 0. The van der Waals surface area contributed by atoms with Crippen LogP contribution < -0.4 is 10.6 Å². The van der Waals surface area contributed by atoms with Crippen molar-refractivity contribution in [1.82, 2.24) is 15.0 Å². The maximum absolute atomic E-state index is 5.76. The summed E-state index contributed by atoms with van der Waals surface area (Å²) < 4.78 is 1.91. The van der Waals surface area contributed by atoms with Crippen molar-refractivity contribution in [2.24, 2.45) is 5.73 Å². The maximum Gasteiger partial charge on any atom is 0.0999 e. The Bertz CT molecular complexity index is 542. The van der Waals surface area contributed by atoms with E-state index in [1.54, 1.807) is 0 Å². The Labute approximate surface area is 120 Å². The first-order chi connectivity index (χ1) is 9.67. The topological polar surface area (TPSA) is 60.0 Å². The second-order valence-electron chi connectivity index (χ2n) is 5.11. The number of unbranched alkanes of at least 4 members (excludes halogenated alkanes) is 1. The van der Waals surface area contributed by atoms with E-state index in [0.717, 1.165) is 36.3 Å². The monoisotopic (exact) mass is 273 g/mol. The van der Waals surface area contributed by atoms with Crippen LogP contribution in [0.1, 0.15) is 31.2 Å². The van der Waals surface area contributed by atoms with Crippen molar-refractivity contribution in [3.05, 3.63) is 35.7 Å². The van der Waals surface area contributed by atoms with Crippen LogP contribution in [0.4, 0.5) is 5.69 Å². The second kappa shape index (κ2) is 6.52. The van der Waals surface area contributed by atoms with Gasteiger partial charge in [-0.3, -0.25) is 0 Å². The lowest BCUT2D eigenvalue weighted by Gasteiger charge is -2.13. The molecule has 0 unspecified atom stereocenters. The van der Waals surface area contributed by atoms with Crippen LogP contribution in [-0.2, 0) is 13.0 Å². The normalized spacial score (nSPS) is 10.8. The molecule has 0 fully saturated rings. The lowest BCUT2D eigenvalue weighted by Crippen LogP contribution is -2.09. The Morgan fingerprint density at radius 2 is 1.90 bits per heavy atom. The number of rotatable bonds is 6. The number of hydrogen-bond donors (Lipinski definition) is 1. The third-order valence-electron chi connectivity index (χ3n) is 3.41. The minimum absolute atomic E-state index is 0.439. The highest BCUT2D eigenvalue weighted by atomic mass is 15.4. The number of aromatic nitrogens is 3. The fraction of sp³-hybridized carbons (Fsp3) is 0.467. The molecule has 0 saturated carbocycles. The highest BCUT2D eigenvalue weighted by Crippen LogP contribution is 2.18. The summed E-state index contributed by atoms with van der Waals surface area (Å²) in [5.74, 6) is 0. The molecule has 0 atom stereocenters. The van der Waals surface area contributed by atoms with Crippen LogP contribution in [-0.4, -0.2) is 29.1 Å². The summed E-state index contributed by atoms with van der Waals surface area (Å²) in [4.78, 5) is 2.08. The molecule has 0 aliphatic rings. The van der Waals surface area contributed by atoms with Crippen LogP contribution in [0.5, 0.6) is 0 Å².